The first-order chi connectivity index (χ1) is 27.3. The van der Waals surface area contributed by atoms with Crippen molar-refractivity contribution in [2.24, 2.45) is 0 Å². The Bertz CT molecular complexity index is 3670. The summed E-state index contributed by atoms with van der Waals surface area (Å²) in [5.74, 6) is 0. The molecule has 0 N–H and O–H groups in total. The van der Waals surface area contributed by atoms with E-state index in [-0.39, 0.29) is 0 Å². The van der Waals surface area contributed by atoms with E-state index in [1.165, 1.54) is 125 Å². The molecule has 0 aliphatic rings. The fraction of sp³-hybridized carbons (Fsp3) is 0. The molecule has 14 rings (SSSR count). The second-order valence-corrected chi connectivity index (χ2v) is 15.3. The van der Waals surface area contributed by atoms with Crippen LogP contribution in [-0.2, 0) is 0 Å². The zero-order valence-electron chi connectivity index (χ0n) is 29.6. The summed E-state index contributed by atoms with van der Waals surface area (Å²) < 4.78 is 7.49. The molecule has 0 radical (unpaired) electrons. The molecule has 3 heteroatoms. The lowest BCUT2D eigenvalue weighted by Gasteiger charge is -2.13. The van der Waals surface area contributed by atoms with Crippen LogP contribution < -0.4 is 0 Å². The Morgan fingerprint density at radius 1 is 0.255 bits per heavy atom. The molecule has 0 aliphatic carbocycles. The average molecular weight is 696 g/mol. The van der Waals surface area contributed by atoms with Gasteiger partial charge in [0, 0.05) is 54.5 Å². The lowest BCUT2D eigenvalue weighted by Crippen LogP contribution is -1.94. The minimum Gasteiger partial charge on any atom is -0.309 e. The Balaban J connectivity index is 1.28. The van der Waals surface area contributed by atoms with Gasteiger partial charge in [0.2, 0.25) is 0 Å². The summed E-state index contributed by atoms with van der Waals surface area (Å²) in [7, 11) is 0. The van der Waals surface area contributed by atoms with Gasteiger partial charge in [0.15, 0.2) is 0 Å². The fourth-order valence-electron chi connectivity index (χ4n) is 10.5. The van der Waals surface area contributed by atoms with E-state index in [9.17, 15) is 0 Å². The molecule has 0 unspecified atom stereocenters. The summed E-state index contributed by atoms with van der Waals surface area (Å²) in [5.41, 5.74) is 11.0. The van der Waals surface area contributed by atoms with Gasteiger partial charge in [0.05, 0.1) is 38.6 Å². The lowest BCUT2D eigenvalue weighted by atomic mass is 9.89. The maximum absolute atomic E-state index is 2.60. The minimum absolute atomic E-state index is 1.17. The monoisotopic (exact) mass is 695 g/mol. The number of hydrogen-bond acceptors (Lipinski definition) is 0. The molecule has 0 atom stereocenters. The number of fused-ring (bicyclic) bond motifs is 14. The molecule has 0 bridgehead atoms. The van der Waals surface area contributed by atoms with Crippen molar-refractivity contribution in [1.82, 2.24) is 13.5 Å². The highest BCUT2D eigenvalue weighted by atomic mass is 15.0. The molecule has 252 valence electrons. The van der Waals surface area contributed by atoms with Gasteiger partial charge >= 0.3 is 0 Å². The van der Waals surface area contributed by atoms with Crippen LogP contribution in [0.2, 0.25) is 0 Å². The molecule has 55 heavy (non-hydrogen) atoms. The molecule has 0 amide bonds. The summed E-state index contributed by atoms with van der Waals surface area (Å²) in [6.07, 6.45) is 0. The molecular weight excluding hydrogens is 667 g/mol. The molecule has 4 heterocycles. The third kappa shape index (κ3) is 3.35. The van der Waals surface area contributed by atoms with E-state index in [0.717, 1.165) is 0 Å². The molecule has 10 aromatic carbocycles. The van der Waals surface area contributed by atoms with Crippen LogP contribution in [0, 0.1) is 0 Å². The van der Waals surface area contributed by atoms with E-state index in [1.54, 1.807) is 0 Å². The van der Waals surface area contributed by atoms with Crippen LogP contribution in [0.25, 0.3) is 125 Å². The van der Waals surface area contributed by atoms with Gasteiger partial charge in [-0.15, -0.1) is 0 Å². The van der Waals surface area contributed by atoms with Gasteiger partial charge in [-0.1, -0.05) is 115 Å². The number of nitrogens with zero attached hydrogens (tertiary/aromatic N) is 3. The van der Waals surface area contributed by atoms with Crippen LogP contribution in [0.4, 0.5) is 0 Å². The number of hydrogen-bond donors (Lipinski definition) is 0. The van der Waals surface area contributed by atoms with Gasteiger partial charge in [-0.05, 0) is 93.0 Å². The van der Waals surface area contributed by atoms with Crippen LogP contribution in [0.3, 0.4) is 0 Å². The zero-order valence-corrected chi connectivity index (χ0v) is 29.6. The predicted molar refractivity (Wildman–Crippen MR) is 233 cm³/mol. The third-order valence-electron chi connectivity index (χ3n) is 12.6. The topological polar surface area (TPSA) is 14.3 Å². The van der Waals surface area contributed by atoms with E-state index in [2.05, 4.69) is 189 Å². The van der Waals surface area contributed by atoms with E-state index in [1.807, 2.05) is 0 Å². The van der Waals surface area contributed by atoms with Gasteiger partial charge in [-0.3, -0.25) is 0 Å². The van der Waals surface area contributed by atoms with Crippen molar-refractivity contribution in [1.29, 1.82) is 0 Å². The first-order valence-corrected chi connectivity index (χ1v) is 19.1. The Labute approximate surface area is 313 Å². The summed E-state index contributed by atoms with van der Waals surface area (Å²) in [6.45, 7) is 0. The van der Waals surface area contributed by atoms with Crippen molar-refractivity contribution in [3.63, 3.8) is 0 Å². The second kappa shape index (κ2) is 9.79. The second-order valence-electron chi connectivity index (χ2n) is 15.3. The normalized spacial score (nSPS) is 12.7. The third-order valence-corrected chi connectivity index (χ3v) is 12.6. The van der Waals surface area contributed by atoms with Crippen molar-refractivity contribution in [3.05, 3.63) is 176 Å². The average Bonchev–Trinajstić information content (AvgIpc) is 3.95. The highest BCUT2D eigenvalue weighted by Gasteiger charge is 2.26. The van der Waals surface area contributed by atoms with Crippen molar-refractivity contribution < 1.29 is 0 Å². The van der Waals surface area contributed by atoms with Gasteiger partial charge in [0.1, 0.15) is 0 Å². The maximum atomic E-state index is 2.60. The molecule has 0 saturated heterocycles. The van der Waals surface area contributed by atoms with Crippen LogP contribution in [0.5, 0.6) is 0 Å². The lowest BCUT2D eigenvalue weighted by molar-refractivity contribution is 1.18. The van der Waals surface area contributed by atoms with Crippen molar-refractivity contribution in [2.75, 3.05) is 0 Å². The summed E-state index contributed by atoms with van der Waals surface area (Å²) in [6, 6.07) is 65.5. The van der Waals surface area contributed by atoms with Crippen LogP contribution in [0.1, 0.15) is 0 Å². The largest absolute Gasteiger partial charge is 0.309 e. The Kier molecular flexibility index (Phi) is 5.01. The standard InChI is InChI=1S/C52H29N3/c1-3-14-32(15-4-1)53-42-20-9-7-18-34(42)38-26-40-46(28-44(38)53)55-47-29-45-39(35-19-8-10-21-43(35)54(45)33-16-5-2-6-17-33)27-41(47)51-37-25-23-31-13-11-12-30-22-24-36(49(37)48(30)31)50(40)52(51)55/h1-29H. The fourth-order valence-corrected chi connectivity index (χ4v) is 10.5. The number of rotatable bonds is 2. The highest BCUT2D eigenvalue weighted by Crippen LogP contribution is 2.51. The zero-order chi connectivity index (χ0) is 35.5. The summed E-state index contributed by atoms with van der Waals surface area (Å²) >= 11 is 0. The van der Waals surface area contributed by atoms with Crippen LogP contribution >= 0.6 is 0 Å². The molecule has 0 spiro atoms. The Morgan fingerprint density at radius 3 is 1.24 bits per heavy atom. The number of aromatic nitrogens is 3. The SMILES string of the molecule is c1ccc(-n2c3ccccc3c3cc4c5c6ccc7cccc8ccc(c6c78)c6c7cc8c9ccccc9n(-c9ccccc9)c8cc7n(c4cc32)c56)cc1. The number of para-hydroxylation sites is 4. The number of benzene rings is 10. The summed E-state index contributed by atoms with van der Waals surface area (Å²) in [4.78, 5) is 0. The van der Waals surface area contributed by atoms with Gasteiger partial charge in [0.25, 0.3) is 0 Å². The molecular formula is C52H29N3. The van der Waals surface area contributed by atoms with Crippen LogP contribution in [0.15, 0.2) is 176 Å². The van der Waals surface area contributed by atoms with Gasteiger partial charge < -0.3 is 13.5 Å². The first-order valence-electron chi connectivity index (χ1n) is 19.1. The van der Waals surface area contributed by atoms with E-state index in [4.69, 9.17) is 0 Å². The molecule has 0 fully saturated rings. The van der Waals surface area contributed by atoms with Crippen LogP contribution in [-0.4, -0.2) is 13.5 Å². The van der Waals surface area contributed by atoms with Crippen molar-refractivity contribution in [3.8, 4) is 11.4 Å². The summed E-state index contributed by atoms with van der Waals surface area (Å²) in [5, 5.41) is 18.3. The Hall–Kier alpha value is -7.36. The smallest absolute Gasteiger partial charge is 0.0633 e. The van der Waals surface area contributed by atoms with E-state index in [0.29, 0.717) is 0 Å². The van der Waals surface area contributed by atoms with Crippen molar-refractivity contribution >= 4 is 114 Å². The predicted octanol–water partition coefficient (Wildman–Crippen LogP) is 13.9. The molecule has 14 aromatic rings. The van der Waals surface area contributed by atoms with Gasteiger partial charge in [-0.25, -0.2) is 0 Å². The minimum atomic E-state index is 1.17. The van der Waals surface area contributed by atoms with Gasteiger partial charge in [-0.2, -0.15) is 0 Å². The maximum Gasteiger partial charge on any atom is 0.0633 e. The molecule has 0 saturated carbocycles. The molecule has 3 nitrogen and oxygen atoms in total. The van der Waals surface area contributed by atoms with Crippen molar-refractivity contribution in [2.45, 2.75) is 0 Å². The van der Waals surface area contributed by atoms with E-state index < -0.39 is 0 Å². The molecule has 4 aromatic heterocycles. The molecule has 0 aliphatic heterocycles. The first kappa shape index (κ1) is 28.2. The van der Waals surface area contributed by atoms with E-state index >= 15 is 0 Å². The Morgan fingerprint density at radius 2 is 0.727 bits per heavy atom. The quantitative estimate of drug-likeness (QED) is 0.160. The highest BCUT2D eigenvalue weighted by molar-refractivity contribution is 6.43.